The minimum Gasteiger partial charge on any atom is -0.494 e. The number of hydrogen-bond donors (Lipinski definition) is 1. The number of ether oxygens (including phenoxy) is 1. The molecule has 2 aromatic carbocycles. The highest BCUT2D eigenvalue weighted by atomic mass is 35.5. The van der Waals surface area contributed by atoms with Crippen molar-refractivity contribution in [3.05, 3.63) is 64.1 Å². The molecule has 0 spiro atoms. The third-order valence-electron chi connectivity index (χ3n) is 5.78. The lowest BCUT2D eigenvalue weighted by atomic mass is 10.1. The first-order valence-corrected chi connectivity index (χ1v) is 11.9. The number of benzene rings is 2. The third-order valence-corrected chi connectivity index (χ3v) is 6.41. The summed E-state index contributed by atoms with van der Waals surface area (Å²) in [5.74, 6) is 0.493. The standard InChI is InChI=1S/C25H30Cl2N2O3/c1-18(25(31)28-21-8-3-4-9-21)29(17-19-7-2-5-10-23(19)27)24(30)11-6-16-32-22-14-12-20(26)13-15-22/h2,5,7,10,12-15,18,21H,3-4,6,8-9,11,16-17H2,1H3,(H,28,31)/t18-/m1/s1. The number of hydrogen-bond acceptors (Lipinski definition) is 3. The second kappa shape index (κ2) is 12.1. The Kier molecular flexibility index (Phi) is 9.24. The maximum atomic E-state index is 13.1. The molecule has 7 heteroatoms. The van der Waals surface area contributed by atoms with E-state index in [-0.39, 0.29) is 30.8 Å². The van der Waals surface area contributed by atoms with Gasteiger partial charge >= 0.3 is 0 Å². The average molecular weight is 477 g/mol. The summed E-state index contributed by atoms with van der Waals surface area (Å²) in [6, 6.07) is 14.1. The van der Waals surface area contributed by atoms with Crippen LogP contribution in [0.2, 0.25) is 10.0 Å². The lowest BCUT2D eigenvalue weighted by Crippen LogP contribution is -2.49. The third kappa shape index (κ3) is 7.14. The van der Waals surface area contributed by atoms with Gasteiger partial charge in [-0.1, -0.05) is 54.2 Å². The van der Waals surface area contributed by atoms with Crippen molar-refractivity contribution in [3.63, 3.8) is 0 Å². The zero-order valence-corrected chi connectivity index (χ0v) is 19.9. The summed E-state index contributed by atoms with van der Waals surface area (Å²) in [5.41, 5.74) is 0.820. The molecule has 5 nitrogen and oxygen atoms in total. The number of amides is 2. The van der Waals surface area contributed by atoms with E-state index in [9.17, 15) is 9.59 Å². The molecule has 1 atom stereocenters. The number of nitrogens with one attached hydrogen (secondary N) is 1. The van der Waals surface area contributed by atoms with Gasteiger partial charge in [0.25, 0.3) is 0 Å². The Morgan fingerprint density at radius 2 is 1.78 bits per heavy atom. The van der Waals surface area contributed by atoms with Crippen molar-refractivity contribution in [1.82, 2.24) is 10.2 Å². The topological polar surface area (TPSA) is 58.6 Å². The molecule has 0 saturated heterocycles. The predicted octanol–water partition coefficient (Wildman–Crippen LogP) is 5.63. The van der Waals surface area contributed by atoms with E-state index in [2.05, 4.69) is 5.32 Å². The fourth-order valence-corrected chi connectivity index (χ4v) is 4.19. The molecule has 2 amide bonds. The summed E-state index contributed by atoms with van der Waals surface area (Å²) in [5, 5.41) is 4.34. The Balaban J connectivity index is 1.60. The van der Waals surface area contributed by atoms with Crippen LogP contribution in [-0.2, 0) is 16.1 Å². The summed E-state index contributed by atoms with van der Waals surface area (Å²) in [7, 11) is 0. The van der Waals surface area contributed by atoms with Gasteiger partial charge in [-0.05, 0) is 62.1 Å². The van der Waals surface area contributed by atoms with Gasteiger partial charge in [0.05, 0.1) is 6.61 Å². The number of halogens is 2. The summed E-state index contributed by atoms with van der Waals surface area (Å²) >= 11 is 12.2. The van der Waals surface area contributed by atoms with Gasteiger partial charge in [0.15, 0.2) is 0 Å². The lowest BCUT2D eigenvalue weighted by molar-refractivity contribution is -0.141. The van der Waals surface area contributed by atoms with E-state index in [0.29, 0.717) is 28.8 Å². The molecule has 1 saturated carbocycles. The highest BCUT2D eigenvalue weighted by molar-refractivity contribution is 6.31. The van der Waals surface area contributed by atoms with Crippen LogP contribution in [0.25, 0.3) is 0 Å². The van der Waals surface area contributed by atoms with Crippen molar-refractivity contribution in [2.45, 2.75) is 64.1 Å². The summed E-state index contributed by atoms with van der Waals surface area (Å²) in [6.07, 6.45) is 5.08. The molecule has 1 aliphatic carbocycles. The molecule has 0 bridgehead atoms. The van der Waals surface area contributed by atoms with Gasteiger partial charge in [0.2, 0.25) is 11.8 Å². The van der Waals surface area contributed by atoms with Crippen LogP contribution in [0, 0.1) is 0 Å². The molecule has 0 unspecified atom stereocenters. The minimum absolute atomic E-state index is 0.0984. The fourth-order valence-electron chi connectivity index (χ4n) is 3.87. The van der Waals surface area contributed by atoms with Crippen molar-refractivity contribution in [1.29, 1.82) is 0 Å². The minimum atomic E-state index is -0.587. The molecule has 0 radical (unpaired) electrons. The van der Waals surface area contributed by atoms with Crippen LogP contribution in [0.4, 0.5) is 0 Å². The number of rotatable bonds is 10. The van der Waals surface area contributed by atoms with Gasteiger partial charge in [-0.25, -0.2) is 0 Å². The fraction of sp³-hybridized carbons (Fsp3) is 0.440. The Bertz CT molecular complexity index is 898. The zero-order chi connectivity index (χ0) is 22.9. The molecule has 1 N–H and O–H groups in total. The van der Waals surface area contributed by atoms with Crippen molar-refractivity contribution < 1.29 is 14.3 Å². The van der Waals surface area contributed by atoms with Gasteiger partial charge in [-0.15, -0.1) is 0 Å². The second-order valence-corrected chi connectivity index (χ2v) is 9.03. The van der Waals surface area contributed by atoms with Crippen molar-refractivity contribution in [2.75, 3.05) is 6.61 Å². The van der Waals surface area contributed by atoms with Gasteiger partial charge < -0.3 is 15.0 Å². The van der Waals surface area contributed by atoms with Crippen molar-refractivity contribution >= 4 is 35.0 Å². The number of nitrogens with zero attached hydrogens (tertiary/aromatic N) is 1. The van der Waals surface area contributed by atoms with E-state index in [1.807, 2.05) is 18.2 Å². The molecule has 172 valence electrons. The Labute approximate surface area is 200 Å². The molecule has 3 rings (SSSR count). The number of carbonyl (C=O) groups is 2. The maximum Gasteiger partial charge on any atom is 0.242 e. The summed E-state index contributed by atoms with van der Waals surface area (Å²) < 4.78 is 5.70. The van der Waals surface area contributed by atoms with Crippen LogP contribution in [0.15, 0.2) is 48.5 Å². The van der Waals surface area contributed by atoms with Crippen LogP contribution in [0.3, 0.4) is 0 Å². The first-order valence-electron chi connectivity index (χ1n) is 11.2. The summed E-state index contributed by atoms with van der Waals surface area (Å²) in [4.78, 5) is 27.6. The van der Waals surface area contributed by atoms with Crippen molar-refractivity contribution in [3.8, 4) is 5.75 Å². The van der Waals surface area contributed by atoms with Crippen LogP contribution in [0.5, 0.6) is 5.75 Å². The largest absolute Gasteiger partial charge is 0.494 e. The molecule has 0 aromatic heterocycles. The van der Waals surface area contributed by atoms with Crippen LogP contribution in [0.1, 0.15) is 51.0 Å². The molecule has 2 aromatic rings. The van der Waals surface area contributed by atoms with E-state index in [1.165, 1.54) is 0 Å². The Morgan fingerprint density at radius 3 is 2.47 bits per heavy atom. The van der Waals surface area contributed by atoms with Gasteiger partial charge in [-0.3, -0.25) is 9.59 Å². The van der Waals surface area contributed by atoms with Crippen LogP contribution in [-0.4, -0.2) is 35.4 Å². The van der Waals surface area contributed by atoms with Crippen molar-refractivity contribution in [2.24, 2.45) is 0 Å². The highest BCUT2D eigenvalue weighted by Gasteiger charge is 2.28. The number of carbonyl (C=O) groups excluding carboxylic acids is 2. The first kappa shape index (κ1) is 24.4. The van der Waals surface area contributed by atoms with Crippen LogP contribution >= 0.6 is 23.2 Å². The highest BCUT2D eigenvalue weighted by Crippen LogP contribution is 2.21. The van der Waals surface area contributed by atoms with Gasteiger partial charge in [0, 0.05) is 29.1 Å². The van der Waals surface area contributed by atoms with Gasteiger partial charge in [-0.2, -0.15) is 0 Å². The Morgan fingerprint density at radius 1 is 1.09 bits per heavy atom. The summed E-state index contributed by atoms with van der Waals surface area (Å²) in [6.45, 7) is 2.47. The molecular weight excluding hydrogens is 447 g/mol. The monoisotopic (exact) mass is 476 g/mol. The van der Waals surface area contributed by atoms with E-state index in [1.54, 1.807) is 42.2 Å². The average Bonchev–Trinajstić information content (AvgIpc) is 3.30. The van der Waals surface area contributed by atoms with E-state index in [4.69, 9.17) is 27.9 Å². The molecular formula is C25H30Cl2N2O3. The zero-order valence-electron chi connectivity index (χ0n) is 18.4. The molecule has 1 aliphatic rings. The Hall–Kier alpha value is -2.24. The molecule has 0 aliphatic heterocycles. The quantitative estimate of drug-likeness (QED) is 0.452. The maximum absolute atomic E-state index is 13.1. The van der Waals surface area contributed by atoms with E-state index in [0.717, 1.165) is 31.2 Å². The first-order chi connectivity index (χ1) is 15.4. The smallest absolute Gasteiger partial charge is 0.242 e. The molecule has 0 heterocycles. The lowest BCUT2D eigenvalue weighted by Gasteiger charge is -2.30. The predicted molar refractivity (Wildman–Crippen MR) is 128 cm³/mol. The van der Waals surface area contributed by atoms with E-state index < -0.39 is 6.04 Å². The second-order valence-electron chi connectivity index (χ2n) is 8.18. The van der Waals surface area contributed by atoms with E-state index >= 15 is 0 Å². The molecule has 1 fully saturated rings. The van der Waals surface area contributed by atoms with Gasteiger partial charge in [0.1, 0.15) is 11.8 Å². The SMILES string of the molecule is C[C@H](C(=O)NC1CCCC1)N(Cc1ccccc1Cl)C(=O)CCCOc1ccc(Cl)cc1. The molecule has 32 heavy (non-hydrogen) atoms. The normalized spacial score (nSPS) is 14.7. The van der Waals surface area contributed by atoms with Crippen LogP contribution < -0.4 is 10.1 Å².